The number of hydrogen-bond acceptors (Lipinski definition) is 4. The smallest absolute Gasteiger partial charge is 0.123 e. The van der Waals surface area contributed by atoms with Crippen LogP contribution in [-0.4, -0.2) is 19.1 Å². The first-order chi connectivity index (χ1) is 9.83. The van der Waals surface area contributed by atoms with Crippen LogP contribution in [0.5, 0.6) is 5.75 Å². The van der Waals surface area contributed by atoms with Crippen LogP contribution in [0.2, 0.25) is 0 Å². The Kier molecular flexibility index (Phi) is 3.67. The first kappa shape index (κ1) is 13.1. The maximum atomic E-state index is 5.46. The number of nitrogens with zero attached hydrogens (tertiary/aromatic N) is 1. The average molecular weight is 284 g/mol. The lowest BCUT2D eigenvalue weighted by atomic mass is 9.99. The van der Waals surface area contributed by atoms with E-state index in [0.29, 0.717) is 0 Å². The molecular weight excluding hydrogens is 268 g/mol. The topological polar surface area (TPSA) is 34.2 Å². The third-order valence-electron chi connectivity index (χ3n) is 3.40. The number of fused-ring (bicyclic) bond motifs is 1. The van der Waals surface area contributed by atoms with Gasteiger partial charge >= 0.3 is 0 Å². The number of benzene rings is 1. The van der Waals surface area contributed by atoms with E-state index in [-0.39, 0.29) is 6.04 Å². The van der Waals surface area contributed by atoms with Crippen LogP contribution in [0.4, 0.5) is 0 Å². The lowest BCUT2D eigenvalue weighted by molar-refractivity contribution is 0.405. The van der Waals surface area contributed by atoms with E-state index in [9.17, 15) is 0 Å². The SMILES string of the molecule is CNC(c1cnc2ccsc2c1)c1ccccc1OC. The van der Waals surface area contributed by atoms with Crippen LogP contribution in [0.3, 0.4) is 0 Å². The summed E-state index contributed by atoms with van der Waals surface area (Å²) in [6.45, 7) is 0. The van der Waals surface area contributed by atoms with Gasteiger partial charge in [-0.1, -0.05) is 18.2 Å². The van der Waals surface area contributed by atoms with Crippen molar-refractivity contribution in [3.05, 3.63) is 59.1 Å². The zero-order valence-corrected chi connectivity index (χ0v) is 12.3. The minimum atomic E-state index is 0.0742. The minimum Gasteiger partial charge on any atom is -0.496 e. The highest BCUT2D eigenvalue weighted by atomic mass is 32.1. The highest BCUT2D eigenvalue weighted by Crippen LogP contribution is 2.31. The standard InChI is InChI=1S/C16H16N2OS/c1-17-16(12-5-3-4-6-14(12)19-2)11-9-15-13(18-10-11)7-8-20-15/h3-10,16-17H,1-2H3. The molecule has 3 aromatic rings. The molecule has 0 radical (unpaired) electrons. The van der Waals surface area contributed by atoms with Gasteiger partial charge in [0.25, 0.3) is 0 Å². The summed E-state index contributed by atoms with van der Waals surface area (Å²) in [6.07, 6.45) is 1.93. The van der Waals surface area contributed by atoms with Gasteiger partial charge in [-0.3, -0.25) is 4.98 Å². The molecule has 0 saturated heterocycles. The second-order valence-corrected chi connectivity index (χ2v) is 5.48. The largest absolute Gasteiger partial charge is 0.496 e. The summed E-state index contributed by atoms with van der Waals surface area (Å²) >= 11 is 1.71. The molecule has 4 heteroatoms. The Morgan fingerprint density at radius 1 is 1.25 bits per heavy atom. The number of thiophene rings is 1. The van der Waals surface area contributed by atoms with Crippen molar-refractivity contribution in [1.29, 1.82) is 0 Å². The van der Waals surface area contributed by atoms with Crippen molar-refractivity contribution in [1.82, 2.24) is 10.3 Å². The molecule has 0 bridgehead atoms. The van der Waals surface area contributed by atoms with Crippen molar-refractivity contribution >= 4 is 21.6 Å². The molecule has 2 heterocycles. The quantitative estimate of drug-likeness (QED) is 0.794. The number of ether oxygens (including phenoxy) is 1. The van der Waals surface area contributed by atoms with Gasteiger partial charge in [0.2, 0.25) is 0 Å². The van der Waals surface area contributed by atoms with Crippen molar-refractivity contribution in [3.8, 4) is 5.75 Å². The molecule has 0 amide bonds. The number of hydrogen-bond donors (Lipinski definition) is 1. The van der Waals surface area contributed by atoms with Gasteiger partial charge < -0.3 is 10.1 Å². The van der Waals surface area contributed by atoms with Crippen molar-refractivity contribution < 1.29 is 4.74 Å². The summed E-state index contributed by atoms with van der Waals surface area (Å²) in [5.74, 6) is 0.887. The van der Waals surface area contributed by atoms with E-state index in [0.717, 1.165) is 22.4 Å². The Balaban J connectivity index is 2.08. The van der Waals surface area contributed by atoms with Gasteiger partial charge in [0.1, 0.15) is 5.75 Å². The molecule has 3 rings (SSSR count). The molecule has 1 unspecified atom stereocenters. The molecule has 1 atom stereocenters. The van der Waals surface area contributed by atoms with Crippen LogP contribution in [0.1, 0.15) is 17.2 Å². The second kappa shape index (κ2) is 5.61. The maximum Gasteiger partial charge on any atom is 0.123 e. The van der Waals surface area contributed by atoms with Gasteiger partial charge in [-0.15, -0.1) is 11.3 Å². The summed E-state index contributed by atoms with van der Waals surface area (Å²) in [6, 6.07) is 12.4. The Morgan fingerprint density at radius 3 is 2.90 bits per heavy atom. The molecule has 102 valence electrons. The molecule has 1 N–H and O–H groups in total. The van der Waals surface area contributed by atoms with Crippen LogP contribution in [0, 0.1) is 0 Å². The monoisotopic (exact) mass is 284 g/mol. The fourth-order valence-electron chi connectivity index (χ4n) is 2.43. The van der Waals surface area contributed by atoms with Gasteiger partial charge in [-0.25, -0.2) is 0 Å². The number of pyridine rings is 1. The van der Waals surface area contributed by atoms with E-state index < -0.39 is 0 Å². The molecule has 3 nitrogen and oxygen atoms in total. The van der Waals surface area contributed by atoms with Crippen LogP contribution in [0.25, 0.3) is 10.2 Å². The summed E-state index contributed by atoms with van der Waals surface area (Å²) in [5.41, 5.74) is 3.32. The van der Waals surface area contributed by atoms with Crippen molar-refractivity contribution in [2.45, 2.75) is 6.04 Å². The summed E-state index contributed by atoms with van der Waals surface area (Å²) < 4.78 is 6.67. The van der Waals surface area contributed by atoms with Crippen molar-refractivity contribution in [2.24, 2.45) is 0 Å². The molecule has 0 aliphatic carbocycles. The van der Waals surface area contributed by atoms with E-state index in [1.807, 2.05) is 37.5 Å². The predicted octanol–water partition coefficient (Wildman–Crippen LogP) is 3.61. The maximum absolute atomic E-state index is 5.46. The van der Waals surface area contributed by atoms with Crippen molar-refractivity contribution in [3.63, 3.8) is 0 Å². The van der Waals surface area contributed by atoms with Gasteiger partial charge in [-0.05, 0) is 36.2 Å². The molecule has 2 aromatic heterocycles. The number of para-hydroxylation sites is 1. The Bertz CT molecular complexity index is 723. The normalized spacial score (nSPS) is 12.5. The number of methoxy groups -OCH3 is 1. The minimum absolute atomic E-state index is 0.0742. The zero-order valence-electron chi connectivity index (χ0n) is 11.5. The fraction of sp³-hybridized carbons (Fsp3) is 0.188. The highest BCUT2D eigenvalue weighted by Gasteiger charge is 2.17. The molecule has 0 aliphatic rings. The molecule has 0 spiro atoms. The molecular formula is C16H16N2OS. The zero-order chi connectivity index (χ0) is 13.9. The van der Waals surface area contributed by atoms with E-state index in [1.165, 1.54) is 4.70 Å². The molecule has 20 heavy (non-hydrogen) atoms. The van der Waals surface area contributed by atoms with Gasteiger partial charge in [0, 0.05) is 11.8 Å². The number of rotatable bonds is 4. The average Bonchev–Trinajstić information content (AvgIpc) is 2.96. The third-order valence-corrected chi connectivity index (χ3v) is 4.25. The second-order valence-electron chi connectivity index (χ2n) is 4.54. The Labute approximate surface area is 122 Å². The van der Waals surface area contributed by atoms with Crippen molar-refractivity contribution in [2.75, 3.05) is 14.2 Å². The number of aromatic nitrogens is 1. The Morgan fingerprint density at radius 2 is 2.10 bits per heavy atom. The van der Waals surface area contributed by atoms with Gasteiger partial charge in [0.15, 0.2) is 0 Å². The molecule has 0 aliphatic heterocycles. The highest BCUT2D eigenvalue weighted by molar-refractivity contribution is 7.17. The van der Waals surface area contributed by atoms with Crippen LogP contribution >= 0.6 is 11.3 Å². The van der Waals surface area contributed by atoms with E-state index >= 15 is 0 Å². The van der Waals surface area contributed by atoms with E-state index in [1.54, 1.807) is 18.4 Å². The summed E-state index contributed by atoms with van der Waals surface area (Å²) in [5, 5.41) is 5.42. The first-order valence-electron chi connectivity index (χ1n) is 6.47. The fourth-order valence-corrected chi connectivity index (χ4v) is 3.22. The molecule has 0 fully saturated rings. The lowest BCUT2D eigenvalue weighted by Gasteiger charge is -2.19. The van der Waals surface area contributed by atoms with E-state index in [4.69, 9.17) is 4.74 Å². The first-order valence-corrected chi connectivity index (χ1v) is 7.35. The van der Waals surface area contributed by atoms with Crippen LogP contribution in [-0.2, 0) is 0 Å². The molecule has 0 saturated carbocycles. The van der Waals surface area contributed by atoms with Gasteiger partial charge in [0.05, 0.1) is 23.4 Å². The lowest BCUT2D eigenvalue weighted by Crippen LogP contribution is -2.18. The van der Waals surface area contributed by atoms with E-state index in [2.05, 4.69) is 27.8 Å². The van der Waals surface area contributed by atoms with Gasteiger partial charge in [-0.2, -0.15) is 0 Å². The molecule has 1 aromatic carbocycles. The summed E-state index contributed by atoms with van der Waals surface area (Å²) in [4.78, 5) is 4.52. The predicted molar refractivity (Wildman–Crippen MR) is 83.5 cm³/mol. The van der Waals surface area contributed by atoms with Crippen LogP contribution in [0.15, 0.2) is 48.0 Å². The third kappa shape index (κ3) is 2.28. The number of nitrogens with one attached hydrogen (secondary N) is 1. The van der Waals surface area contributed by atoms with Crippen LogP contribution < -0.4 is 10.1 Å². The summed E-state index contributed by atoms with van der Waals surface area (Å²) in [7, 11) is 3.65. The Hall–Kier alpha value is -1.91.